The second-order valence-corrected chi connectivity index (χ2v) is 6.13. The van der Waals surface area contributed by atoms with Crippen molar-refractivity contribution in [1.29, 1.82) is 0 Å². The van der Waals surface area contributed by atoms with Crippen LogP contribution in [0.5, 0.6) is 0 Å². The van der Waals surface area contributed by atoms with Crippen molar-refractivity contribution in [3.63, 3.8) is 0 Å². The molecule has 2 atom stereocenters. The van der Waals surface area contributed by atoms with Gasteiger partial charge in [-0.05, 0) is 30.7 Å². The number of hydrogen-bond donors (Lipinski definition) is 1. The SMILES string of the molecule is CCNC(CC)C(C)c1nc(Cc2cccc(Br)c2)no1. The number of aromatic nitrogens is 2. The van der Waals surface area contributed by atoms with Gasteiger partial charge in [-0.1, -0.05) is 54.0 Å². The molecule has 0 aliphatic carbocycles. The first-order chi connectivity index (χ1) is 10.1. The average Bonchev–Trinajstić information content (AvgIpc) is 2.92. The quantitative estimate of drug-likeness (QED) is 0.821. The van der Waals surface area contributed by atoms with Gasteiger partial charge in [0.05, 0.1) is 5.92 Å². The summed E-state index contributed by atoms with van der Waals surface area (Å²) in [7, 11) is 0. The zero-order valence-corrected chi connectivity index (χ0v) is 14.4. The zero-order chi connectivity index (χ0) is 15.2. The van der Waals surface area contributed by atoms with Crippen LogP contribution in [0.25, 0.3) is 0 Å². The summed E-state index contributed by atoms with van der Waals surface area (Å²) < 4.78 is 6.51. The third-order valence-electron chi connectivity index (χ3n) is 3.63. The number of benzene rings is 1. The Balaban J connectivity index is 2.07. The normalized spacial score (nSPS) is 14.1. The van der Waals surface area contributed by atoms with Crippen molar-refractivity contribution in [2.75, 3.05) is 6.54 Å². The van der Waals surface area contributed by atoms with Crippen LogP contribution in [0.3, 0.4) is 0 Å². The summed E-state index contributed by atoms with van der Waals surface area (Å²) in [5.41, 5.74) is 1.17. The number of halogens is 1. The fourth-order valence-corrected chi connectivity index (χ4v) is 2.91. The average molecular weight is 352 g/mol. The molecule has 0 saturated carbocycles. The molecule has 1 heterocycles. The Hall–Kier alpha value is -1.20. The molecule has 0 saturated heterocycles. The third kappa shape index (κ3) is 4.38. The topological polar surface area (TPSA) is 51.0 Å². The molecule has 114 valence electrons. The van der Waals surface area contributed by atoms with Crippen LogP contribution >= 0.6 is 15.9 Å². The molecule has 1 aromatic heterocycles. The van der Waals surface area contributed by atoms with Crippen molar-refractivity contribution in [3.05, 3.63) is 46.0 Å². The lowest BCUT2D eigenvalue weighted by atomic mass is 9.99. The minimum absolute atomic E-state index is 0.221. The number of rotatable bonds is 7. The molecule has 4 nitrogen and oxygen atoms in total. The van der Waals surface area contributed by atoms with Gasteiger partial charge >= 0.3 is 0 Å². The molecule has 0 amide bonds. The number of nitrogens with zero attached hydrogens (tertiary/aromatic N) is 2. The highest BCUT2D eigenvalue weighted by molar-refractivity contribution is 9.10. The summed E-state index contributed by atoms with van der Waals surface area (Å²) in [6.07, 6.45) is 1.73. The molecule has 2 aromatic rings. The van der Waals surface area contributed by atoms with E-state index in [4.69, 9.17) is 4.52 Å². The molecule has 0 radical (unpaired) electrons. The van der Waals surface area contributed by atoms with Crippen LogP contribution in [0, 0.1) is 0 Å². The van der Waals surface area contributed by atoms with Gasteiger partial charge in [0.2, 0.25) is 5.89 Å². The van der Waals surface area contributed by atoms with Crippen LogP contribution in [0.1, 0.15) is 50.4 Å². The Morgan fingerprint density at radius 3 is 2.81 bits per heavy atom. The highest BCUT2D eigenvalue weighted by Gasteiger charge is 2.22. The third-order valence-corrected chi connectivity index (χ3v) is 4.13. The molecule has 0 aliphatic rings. The molecule has 5 heteroatoms. The second-order valence-electron chi connectivity index (χ2n) is 5.22. The molecule has 1 N–H and O–H groups in total. The first kappa shape index (κ1) is 16.2. The fraction of sp³-hybridized carbons (Fsp3) is 0.500. The monoisotopic (exact) mass is 351 g/mol. The van der Waals surface area contributed by atoms with Crippen LogP contribution in [-0.2, 0) is 6.42 Å². The largest absolute Gasteiger partial charge is 0.339 e. The molecule has 1 aromatic carbocycles. The first-order valence-corrected chi connectivity index (χ1v) is 8.23. The van der Waals surface area contributed by atoms with E-state index in [9.17, 15) is 0 Å². The van der Waals surface area contributed by atoms with Crippen LogP contribution < -0.4 is 5.32 Å². The highest BCUT2D eigenvalue weighted by Crippen LogP contribution is 2.20. The van der Waals surface area contributed by atoms with Crippen molar-refractivity contribution >= 4 is 15.9 Å². The maximum absolute atomic E-state index is 5.45. The Bertz CT molecular complexity index is 570. The smallest absolute Gasteiger partial charge is 0.231 e. The van der Waals surface area contributed by atoms with Crippen molar-refractivity contribution < 1.29 is 4.52 Å². The Labute approximate surface area is 134 Å². The van der Waals surface area contributed by atoms with Gasteiger partial charge in [-0.3, -0.25) is 0 Å². The molecule has 2 unspecified atom stereocenters. The number of hydrogen-bond acceptors (Lipinski definition) is 4. The molecule has 0 aliphatic heterocycles. The molecule has 0 spiro atoms. The van der Waals surface area contributed by atoms with E-state index in [1.807, 2.05) is 12.1 Å². The standard InChI is InChI=1S/C16H22BrN3O/c1-4-14(18-5-2)11(3)16-19-15(20-21-16)10-12-7-6-8-13(17)9-12/h6-9,11,14,18H,4-5,10H2,1-3H3. The summed E-state index contributed by atoms with van der Waals surface area (Å²) >= 11 is 3.48. The van der Waals surface area contributed by atoms with E-state index in [0.29, 0.717) is 18.4 Å². The lowest BCUT2D eigenvalue weighted by Crippen LogP contribution is -2.33. The Kier molecular flexibility index (Phi) is 5.94. The summed E-state index contributed by atoms with van der Waals surface area (Å²) in [5, 5.41) is 7.57. The molecular weight excluding hydrogens is 330 g/mol. The maximum Gasteiger partial charge on any atom is 0.231 e. The van der Waals surface area contributed by atoms with Crippen LogP contribution in [0.2, 0.25) is 0 Å². The predicted octanol–water partition coefficient (Wildman–Crippen LogP) is 3.91. The van der Waals surface area contributed by atoms with Gasteiger partial charge in [-0.2, -0.15) is 4.98 Å². The van der Waals surface area contributed by atoms with Gasteiger partial charge in [0, 0.05) is 16.9 Å². The van der Waals surface area contributed by atoms with E-state index in [2.05, 4.69) is 64.3 Å². The minimum Gasteiger partial charge on any atom is -0.339 e. The number of likely N-dealkylation sites (N-methyl/N-ethyl adjacent to an activating group) is 1. The van der Waals surface area contributed by atoms with E-state index in [-0.39, 0.29) is 5.92 Å². The zero-order valence-electron chi connectivity index (χ0n) is 12.8. The van der Waals surface area contributed by atoms with E-state index in [1.54, 1.807) is 0 Å². The van der Waals surface area contributed by atoms with E-state index in [0.717, 1.165) is 23.3 Å². The van der Waals surface area contributed by atoms with Crippen molar-refractivity contribution in [3.8, 4) is 0 Å². The summed E-state index contributed by atoms with van der Waals surface area (Å²) in [5.74, 6) is 1.67. The van der Waals surface area contributed by atoms with Crippen LogP contribution in [0.4, 0.5) is 0 Å². The summed E-state index contributed by atoms with van der Waals surface area (Å²) in [6.45, 7) is 7.36. The molecule has 2 rings (SSSR count). The predicted molar refractivity (Wildman–Crippen MR) is 87.4 cm³/mol. The van der Waals surface area contributed by atoms with Gasteiger partial charge in [-0.15, -0.1) is 0 Å². The van der Waals surface area contributed by atoms with E-state index < -0.39 is 0 Å². The Morgan fingerprint density at radius 2 is 2.14 bits per heavy atom. The molecule has 21 heavy (non-hydrogen) atoms. The van der Waals surface area contributed by atoms with E-state index >= 15 is 0 Å². The molecule has 0 bridgehead atoms. The highest BCUT2D eigenvalue weighted by atomic mass is 79.9. The lowest BCUT2D eigenvalue weighted by Gasteiger charge is -2.20. The summed E-state index contributed by atoms with van der Waals surface area (Å²) in [6, 6.07) is 8.54. The van der Waals surface area contributed by atoms with Crippen LogP contribution in [0.15, 0.2) is 33.3 Å². The van der Waals surface area contributed by atoms with Gasteiger partial charge in [0.1, 0.15) is 0 Å². The molecule has 0 fully saturated rings. The van der Waals surface area contributed by atoms with Crippen molar-refractivity contribution in [1.82, 2.24) is 15.5 Å². The van der Waals surface area contributed by atoms with E-state index in [1.165, 1.54) is 5.56 Å². The fourth-order valence-electron chi connectivity index (χ4n) is 2.46. The number of nitrogens with one attached hydrogen (secondary N) is 1. The lowest BCUT2D eigenvalue weighted by molar-refractivity contribution is 0.319. The van der Waals surface area contributed by atoms with Crippen molar-refractivity contribution in [2.45, 2.75) is 45.6 Å². The first-order valence-electron chi connectivity index (χ1n) is 7.44. The minimum atomic E-state index is 0.221. The molecular formula is C16H22BrN3O. The van der Waals surface area contributed by atoms with Crippen LogP contribution in [-0.4, -0.2) is 22.7 Å². The van der Waals surface area contributed by atoms with Gasteiger partial charge in [0.15, 0.2) is 5.82 Å². The van der Waals surface area contributed by atoms with Gasteiger partial charge < -0.3 is 9.84 Å². The Morgan fingerprint density at radius 1 is 1.33 bits per heavy atom. The van der Waals surface area contributed by atoms with Gasteiger partial charge in [-0.25, -0.2) is 0 Å². The maximum atomic E-state index is 5.45. The second kappa shape index (κ2) is 7.71. The van der Waals surface area contributed by atoms with Crippen molar-refractivity contribution in [2.24, 2.45) is 0 Å². The summed E-state index contributed by atoms with van der Waals surface area (Å²) in [4.78, 5) is 4.55. The van der Waals surface area contributed by atoms with Gasteiger partial charge in [0.25, 0.3) is 0 Å².